The van der Waals surface area contributed by atoms with Crippen molar-refractivity contribution in [2.24, 2.45) is 0 Å². The fraction of sp³-hybridized carbons (Fsp3) is 0.500. The highest BCUT2D eigenvalue weighted by Crippen LogP contribution is 2.25. The number of hydrogen-bond donors (Lipinski definition) is 0. The third kappa shape index (κ3) is 3.05. The third-order valence-corrected chi connectivity index (χ3v) is 2.61. The Morgan fingerprint density at radius 2 is 2.40 bits per heavy atom. The van der Waals surface area contributed by atoms with E-state index < -0.39 is 4.92 Å². The van der Waals surface area contributed by atoms with Crippen molar-refractivity contribution in [2.75, 3.05) is 12.9 Å². The van der Waals surface area contributed by atoms with Gasteiger partial charge in [0.05, 0.1) is 12.0 Å². The maximum absolute atomic E-state index is 10.5. The molecule has 0 aromatic carbocycles. The van der Waals surface area contributed by atoms with Gasteiger partial charge >= 0.3 is 5.69 Å². The van der Waals surface area contributed by atoms with Crippen molar-refractivity contribution in [1.82, 2.24) is 9.97 Å². The molecule has 0 amide bonds. The molecule has 1 rings (SSSR count). The quantitative estimate of drug-likeness (QED) is 0.332. The molecular weight excluding hydrogens is 218 g/mol. The van der Waals surface area contributed by atoms with Gasteiger partial charge in [-0.2, -0.15) is 4.98 Å². The number of aromatic nitrogens is 2. The zero-order chi connectivity index (χ0) is 11.3. The molecule has 1 aromatic heterocycles. The number of rotatable bonds is 5. The van der Waals surface area contributed by atoms with E-state index >= 15 is 0 Å². The van der Waals surface area contributed by atoms with Gasteiger partial charge in [-0.05, 0) is 6.42 Å². The normalized spacial score (nSPS) is 10.0. The van der Waals surface area contributed by atoms with E-state index in [2.05, 4.69) is 9.97 Å². The van der Waals surface area contributed by atoms with E-state index in [4.69, 9.17) is 4.74 Å². The lowest BCUT2D eigenvalue weighted by atomic mass is 10.5. The van der Waals surface area contributed by atoms with Gasteiger partial charge in [0, 0.05) is 5.75 Å². The Bertz CT molecular complexity index is 359. The zero-order valence-electron chi connectivity index (χ0n) is 8.47. The summed E-state index contributed by atoms with van der Waals surface area (Å²) in [6.07, 6.45) is 2.16. The van der Waals surface area contributed by atoms with Gasteiger partial charge in [0.2, 0.25) is 0 Å². The molecule has 0 saturated heterocycles. The Morgan fingerprint density at radius 3 is 2.93 bits per heavy atom. The highest BCUT2D eigenvalue weighted by atomic mass is 32.2. The Kier molecular flexibility index (Phi) is 4.29. The minimum absolute atomic E-state index is 0.00797. The minimum atomic E-state index is -0.562. The lowest BCUT2D eigenvalue weighted by Crippen LogP contribution is -1.99. The molecule has 0 bridgehead atoms. The molecule has 0 unspecified atom stereocenters. The molecule has 7 heteroatoms. The molecule has 0 aliphatic carbocycles. The van der Waals surface area contributed by atoms with Crippen molar-refractivity contribution in [2.45, 2.75) is 18.5 Å². The van der Waals surface area contributed by atoms with Crippen LogP contribution in [-0.2, 0) is 0 Å². The predicted octanol–water partition coefficient (Wildman–Crippen LogP) is 1.90. The fourth-order valence-electron chi connectivity index (χ4n) is 0.883. The van der Waals surface area contributed by atoms with Crippen LogP contribution in [0.4, 0.5) is 5.69 Å². The van der Waals surface area contributed by atoms with Crippen LogP contribution in [-0.4, -0.2) is 27.8 Å². The van der Waals surface area contributed by atoms with Gasteiger partial charge in [-0.15, -0.1) is 0 Å². The van der Waals surface area contributed by atoms with Crippen LogP contribution in [0.1, 0.15) is 13.3 Å². The van der Waals surface area contributed by atoms with E-state index in [1.165, 1.54) is 25.1 Å². The van der Waals surface area contributed by atoms with Crippen LogP contribution < -0.4 is 4.74 Å². The molecule has 6 nitrogen and oxygen atoms in total. The average Bonchev–Trinajstić information content (AvgIpc) is 2.25. The van der Waals surface area contributed by atoms with E-state index in [1.54, 1.807) is 0 Å². The first-order valence-electron chi connectivity index (χ1n) is 4.37. The smallest absolute Gasteiger partial charge is 0.349 e. The molecule has 1 heterocycles. The van der Waals surface area contributed by atoms with Crippen LogP contribution in [0.15, 0.2) is 11.4 Å². The van der Waals surface area contributed by atoms with Crippen molar-refractivity contribution in [1.29, 1.82) is 0 Å². The van der Waals surface area contributed by atoms with Gasteiger partial charge in [-0.3, -0.25) is 10.1 Å². The third-order valence-electron chi connectivity index (χ3n) is 1.54. The van der Waals surface area contributed by atoms with Crippen molar-refractivity contribution < 1.29 is 9.66 Å². The fourth-order valence-corrected chi connectivity index (χ4v) is 1.54. The molecule has 0 atom stereocenters. The van der Waals surface area contributed by atoms with Gasteiger partial charge in [-0.25, -0.2) is 4.98 Å². The second kappa shape index (κ2) is 5.50. The molecule has 0 saturated carbocycles. The van der Waals surface area contributed by atoms with Gasteiger partial charge in [0.15, 0.2) is 5.16 Å². The molecule has 0 spiro atoms. The maximum Gasteiger partial charge on any atom is 0.349 e. The van der Waals surface area contributed by atoms with E-state index in [0.717, 1.165) is 12.2 Å². The highest BCUT2D eigenvalue weighted by molar-refractivity contribution is 7.99. The largest absolute Gasteiger partial charge is 0.476 e. The van der Waals surface area contributed by atoms with E-state index in [-0.39, 0.29) is 11.6 Å². The zero-order valence-corrected chi connectivity index (χ0v) is 9.28. The lowest BCUT2D eigenvalue weighted by molar-refractivity contribution is -0.386. The van der Waals surface area contributed by atoms with E-state index in [1.807, 2.05) is 6.92 Å². The molecular formula is C8H11N3O3S. The average molecular weight is 229 g/mol. The molecule has 15 heavy (non-hydrogen) atoms. The number of nitro groups is 1. The summed E-state index contributed by atoms with van der Waals surface area (Å²) in [6, 6.07) is 0. The minimum Gasteiger partial charge on any atom is -0.476 e. The maximum atomic E-state index is 10.5. The number of thioether (sulfide) groups is 1. The molecule has 0 radical (unpaired) electrons. The summed E-state index contributed by atoms with van der Waals surface area (Å²) in [4.78, 5) is 17.8. The number of hydrogen-bond acceptors (Lipinski definition) is 6. The van der Waals surface area contributed by atoms with E-state index in [0.29, 0.717) is 5.16 Å². The summed E-state index contributed by atoms with van der Waals surface area (Å²) >= 11 is 1.45. The number of ether oxygens (including phenoxy) is 1. The van der Waals surface area contributed by atoms with Crippen LogP contribution in [0.5, 0.6) is 5.88 Å². The number of methoxy groups -OCH3 is 1. The van der Waals surface area contributed by atoms with Gasteiger partial charge < -0.3 is 4.74 Å². The Morgan fingerprint density at radius 1 is 1.67 bits per heavy atom. The first kappa shape index (κ1) is 11.7. The Labute approximate surface area is 91.2 Å². The first-order valence-corrected chi connectivity index (χ1v) is 5.35. The summed E-state index contributed by atoms with van der Waals surface area (Å²) < 4.78 is 4.82. The number of nitrogens with zero attached hydrogens (tertiary/aromatic N) is 3. The molecule has 1 aromatic rings. The Balaban J connectivity index is 2.92. The second-order valence-corrected chi connectivity index (χ2v) is 3.71. The first-order chi connectivity index (χ1) is 7.19. The Hall–Kier alpha value is -1.37. The predicted molar refractivity (Wildman–Crippen MR) is 56.3 cm³/mol. The SMILES string of the molecule is CCCSc1ncc([N+](=O)[O-])c(OC)n1. The second-order valence-electron chi connectivity index (χ2n) is 2.65. The van der Waals surface area contributed by atoms with Crippen molar-refractivity contribution >= 4 is 17.4 Å². The standard InChI is InChI=1S/C8H11N3O3S/c1-3-4-15-8-9-5-6(11(12)13)7(10-8)14-2/h5H,3-4H2,1-2H3. The molecule has 0 N–H and O–H groups in total. The molecule has 82 valence electrons. The molecule has 0 aliphatic heterocycles. The van der Waals surface area contributed by atoms with Crippen molar-refractivity contribution in [3.05, 3.63) is 16.3 Å². The highest BCUT2D eigenvalue weighted by Gasteiger charge is 2.17. The van der Waals surface area contributed by atoms with Crippen molar-refractivity contribution in [3.63, 3.8) is 0 Å². The van der Waals surface area contributed by atoms with Crippen molar-refractivity contribution in [3.8, 4) is 5.88 Å². The summed E-state index contributed by atoms with van der Waals surface area (Å²) in [5.74, 6) is 0.884. The summed E-state index contributed by atoms with van der Waals surface area (Å²) in [5.41, 5.74) is -0.210. The topological polar surface area (TPSA) is 78.2 Å². The molecule has 0 aliphatic rings. The van der Waals surface area contributed by atoms with Crippen LogP contribution in [0.25, 0.3) is 0 Å². The monoisotopic (exact) mass is 229 g/mol. The van der Waals surface area contributed by atoms with Gasteiger partial charge in [0.1, 0.15) is 6.20 Å². The summed E-state index contributed by atoms with van der Waals surface area (Å²) in [6.45, 7) is 2.04. The van der Waals surface area contributed by atoms with Crippen LogP contribution in [0.2, 0.25) is 0 Å². The lowest BCUT2D eigenvalue weighted by Gasteiger charge is -2.02. The van der Waals surface area contributed by atoms with E-state index in [9.17, 15) is 10.1 Å². The van der Waals surface area contributed by atoms with Crippen LogP contribution >= 0.6 is 11.8 Å². The van der Waals surface area contributed by atoms with Crippen LogP contribution in [0, 0.1) is 10.1 Å². The summed E-state index contributed by atoms with van der Waals surface area (Å²) in [5, 5.41) is 11.0. The van der Waals surface area contributed by atoms with Gasteiger partial charge in [0.25, 0.3) is 5.88 Å². The molecule has 0 fully saturated rings. The summed E-state index contributed by atoms with van der Waals surface area (Å²) in [7, 11) is 1.35. The van der Waals surface area contributed by atoms with Gasteiger partial charge in [-0.1, -0.05) is 18.7 Å². The van der Waals surface area contributed by atoms with Crippen LogP contribution in [0.3, 0.4) is 0 Å².